The molecule has 22 heavy (non-hydrogen) atoms. The SMILES string of the molecule is FC(F)(F)c1cc(-c2cccc(Br)n2)n(C2CCCCO2)n1. The summed E-state index contributed by atoms with van der Waals surface area (Å²) in [6.45, 7) is 0.525. The number of alkyl halides is 3. The lowest BCUT2D eigenvalue weighted by Crippen LogP contribution is -2.20. The summed E-state index contributed by atoms with van der Waals surface area (Å²) in [5.41, 5.74) is -0.203. The van der Waals surface area contributed by atoms with Crippen LogP contribution >= 0.6 is 15.9 Å². The summed E-state index contributed by atoms with van der Waals surface area (Å²) in [5, 5.41) is 3.72. The van der Waals surface area contributed by atoms with E-state index >= 15 is 0 Å². The second-order valence-corrected chi connectivity index (χ2v) is 5.84. The van der Waals surface area contributed by atoms with E-state index in [2.05, 4.69) is 26.0 Å². The molecular weight excluding hydrogens is 363 g/mol. The van der Waals surface area contributed by atoms with E-state index in [1.165, 1.54) is 4.68 Å². The molecular formula is C14H13BrF3N3O. The zero-order chi connectivity index (χ0) is 15.7. The molecule has 1 atom stereocenters. The third-order valence-electron chi connectivity index (χ3n) is 3.43. The topological polar surface area (TPSA) is 39.9 Å². The predicted molar refractivity (Wildman–Crippen MR) is 77.0 cm³/mol. The van der Waals surface area contributed by atoms with Crippen molar-refractivity contribution >= 4 is 15.9 Å². The van der Waals surface area contributed by atoms with E-state index in [4.69, 9.17) is 4.74 Å². The molecule has 4 nitrogen and oxygen atoms in total. The van der Waals surface area contributed by atoms with Gasteiger partial charge in [-0.05, 0) is 53.4 Å². The standard InChI is InChI=1S/C14H13BrF3N3O/c15-12-5-3-4-9(19-12)10-8-11(14(16,17)18)20-21(10)13-6-1-2-7-22-13/h3-5,8,13H,1-2,6-7H2. The second-order valence-electron chi connectivity index (χ2n) is 5.02. The first kappa shape index (κ1) is 15.5. The number of ether oxygens (including phenoxy) is 1. The first-order valence-electron chi connectivity index (χ1n) is 6.86. The van der Waals surface area contributed by atoms with Crippen LogP contribution in [-0.4, -0.2) is 21.4 Å². The summed E-state index contributed by atoms with van der Waals surface area (Å²) in [6.07, 6.45) is -2.53. The predicted octanol–water partition coefficient (Wildman–Crippen LogP) is 4.43. The van der Waals surface area contributed by atoms with Gasteiger partial charge in [-0.3, -0.25) is 0 Å². The molecule has 1 unspecified atom stereocenters. The second kappa shape index (κ2) is 6.00. The van der Waals surface area contributed by atoms with Crippen LogP contribution in [0.1, 0.15) is 31.2 Å². The van der Waals surface area contributed by atoms with Crippen molar-refractivity contribution in [2.75, 3.05) is 6.61 Å². The van der Waals surface area contributed by atoms with E-state index < -0.39 is 18.1 Å². The van der Waals surface area contributed by atoms with Gasteiger partial charge in [0.05, 0.1) is 11.4 Å². The Morgan fingerprint density at radius 3 is 2.73 bits per heavy atom. The van der Waals surface area contributed by atoms with E-state index in [-0.39, 0.29) is 0 Å². The van der Waals surface area contributed by atoms with E-state index in [9.17, 15) is 13.2 Å². The zero-order valence-corrected chi connectivity index (χ0v) is 13.1. The molecule has 0 radical (unpaired) electrons. The van der Waals surface area contributed by atoms with E-state index in [1.54, 1.807) is 18.2 Å². The van der Waals surface area contributed by atoms with Crippen molar-refractivity contribution in [3.8, 4) is 11.4 Å². The van der Waals surface area contributed by atoms with Gasteiger partial charge < -0.3 is 4.74 Å². The molecule has 2 aromatic heterocycles. The third-order valence-corrected chi connectivity index (χ3v) is 3.87. The molecule has 3 rings (SSSR count). The molecule has 1 aliphatic rings. The minimum absolute atomic E-state index is 0.306. The van der Waals surface area contributed by atoms with Gasteiger partial charge in [0.25, 0.3) is 0 Å². The summed E-state index contributed by atoms with van der Waals surface area (Å²) in [7, 11) is 0. The lowest BCUT2D eigenvalue weighted by molar-refractivity contribution is -0.142. The van der Waals surface area contributed by atoms with Gasteiger partial charge >= 0.3 is 6.18 Å². The molecule has 3 heterocycles. The van der Waals surface area contributed by atoms with Gasteiger partial charge in [0.1, 0.15) is 4.60 Å². The minimum Gasteiger partial charge on any atom is -0.356 e. The summed E-state index contributed by atoms with van der Waals surface area (Å²) < 4.78 is 46.4. The van der Waals surface area contributed by atoms with Crippen molar-refractivity contribution in [3.63, 3.8) is 0 Å². The molecule has 0 aliphatic carbocycles. The van der Waals surface area contributed by atoms with Crippen molar-refractivity contribution in [2.24, 2.45) is 0 Å². The summed E-state index contributed by atoms with van der Waals surface area (Å²) in [4.78, 5) is 4.23. The van der Waals surface area contributed by atoms with Crippen molar-refractivity contribution in [2.45, 2.75) is 31.7 Å². The number of rotatable bonds is 2. The van der Waals surface area contributed by atoms with Crippen molar-refractivity contribution < 1.29 is 17.9 Å². The van der Waals surface area contributed by atoms with Gasteiger partial charge in [-0.25, -0.2) is 9.67 Å². The molecule has 8 heteroatoms. The van der Waals surface area contributed by atoms with Crippen molar-refractivity contribution in [3.05, 3.63) is 34.6 Å². The average molecular weight is 376 g/mol. The van der Waals surface area contributed by atoms with Crippen LogP contribution in [0.3, 0.4) is 0 Å². The monoisotopic (exact) mass is 375 g/mol. The molecule has 2 aromatic rings. The molecule has 0 amide bonds. The van der Waals surface area contributed by atoms with E-state index in [0.717, 1.165) is 18.9 Å². The molecule has 0 N–H and O–H groups in total. The summed E-state index contributed by atoms with van der Waals surface area (Å²) >= 11 is 3.23. The Kier molecular flexibility index (Phi) is 4.22. The highest BCUT2D eigenvalue weighted by atomic mass is 79.9. The van der Waals surface area contributed by atoms with Crippen LogP contribution in [-0.2, 0) is 10.9 Å². The number of nitrogens with zero attached hydrogens (tertiary/aromatic N) is 3. The van der Waals surface area contributed by atoms with Gasteiger partial charge in [-0.1, -0.05) is 6.07 Å². The Balaban J connectivity index is 2.08. The fourth-order valence-electron chi connectivity index (χ4n) is 2.41. The minimum atomic E-state index is -4.50. The van der Waals surface area contributed by atoms with Crippen LogP contribution in [0.4, 0.5) is 13.2 Å². The zero-order valence-electron chi connectivity index (χ0n) is 11.5. The Bertz CT molecular complexity index is 666. The maximum Gasteiger partial charge on any atom is 0.435 e. The fraction of sp³-hybridized carbons (Fsp3) is 0.429. The summed E-state index contributed by atoms with van der Waals surface area (Å²) in [5.74, 6) is 0. The molecule has 1 aliphatic heterocycles. The van der Waals surface area contributed by atoms with Crippen LogP contribution in [0.2, 0.25) is 0 Å². The molecule has 0 spiro atoms. The molecule has 118 valence electrons. The highest BCUT2D eigenvalue weighted by molar-refractivity contribution is 9.10. The Labute approximate surface area is 133 Å². The Morgan fingerprint density at radius 1 is 1.27 bits per heavy atom. The average Bonchev–Trinajstić information content (AvgIpc) is 2.93. The Hall–Kier alpha value is -1.41. The smallest absolute Gasteiger partial charge is 0.356 e. The van der Waals surface area contributed by atoms with Crippen LogP contribution < -0.4 is 0 Å². The van der Waals surface area contributed by atoms with Gasteiger partial charge in [0, 0.05) is 6.61 Å². The maximum atomic E-state index is 13.0. The molecule has 1 fully saturated rings. The number of aromatic nitrogens is 3. The number of hydrogen-bond donors (Lipinski definition) is 0. The first-order valence-corrected chi connectivity index (χ1v) is 7.66. The van der Waals surface area contributed by atoms with Crippen LogP contribution in [0.25, 0.3) is 11.4 Å². The number of pyridine rings is 1. The fourth-order valence-corrected chi connectivity index (χ4v) is 2.75. The van der Waals surface area contributed by atoms with Gasteiger partial charge in [0.2, 0.25) is 0 Å². The van der Waals surface area contributed by atoms with Gasteiger partial charge in [-0.15, -0.1) is 0 Å². The number of halogens is 4. The van der Waals surface area contributed by atoms with Gasteiger partial charge in [-0.2, -0.15) is 18.3 Å². The maximum absolute atomic E-state index is 13.0. The van der Waals surface area contributed by atoms with Crippen LogP contribution in [0.5, 0.6) is 0 Å². The number of hydrogen-bond acceptors (Lipinski definition) is 3. The molecule has 1 saturated heterocycles. The highest BCUT2D eigenvalue weighted by Gasteiger charge is 2.36. The van der Waals surface area contributed by atoms with Crippen molar-refractivity contribution in [1.29, 1.82) is 0 Å². The molecule has 0 aromatic carbocycles. The molecule has 0 saturated carbocycles. The van der Waals surface area contributed by atoms with Crippen LogP contribution in [0.15, 0.2) is 28.9 Å². The summed E-state index contributed by atoms with van der Waals surface area (Å²) in [6, 6.07) is 6.11. The van der Waals surface area contributed by atoms with Crippen molar-refractivity contribution in [1.82, 2.24) is 14.8 Å². The lowest BCUT2D eigenvalue weighted by atomic mass is 10.2. The molecule has 0 bridgehead atoms. The van der Waals surface area contributed by atoms with Gasteiger partial charge in [0.15, 0.2) is 11.9 Å². The third kappa shape index (κ3) is 3.17. The lowest BCUT2D eigenvalue weighted by Gasteiger charge is -2.24. The van der Waals surface area contributed by atoms with E-state index in [1.807, 2.05) is 0 Å². The Morgan fingerprint density at radius 2 is 2.09 bits per heavy atom. The largest absolute Gasteiger partial charge is 0.435 e. The normalized spacial score (nSPS) is 19.4. The van der Waals surface area contributed by atoms with E-state index in [0.29, 0.717) is 29.0 Å². The highest BCUT2D eigenvalue weighted by Crippen LogP contribution is 2.34. The first-order chi connectivity index (χ1) is 10.4. The quantitative estimate of drug-likeness (QED) is 0.729. The van der Waals surface area contributed by atoms with Crippen LogP contribution in [0, 0.1) is 0 Å².